The molecule has 1 aromatic heterocycles. The van der Waals surface area contributed by atoms with Crippen molar-refractivity contribution in [2.24, 2.45) is 5.73 Å². The summed E-state index contributed by atoms with van der Waals surface area (Å²) in [5, 5.41) is 1.88. The third-order valence-electron chi connectivity index (χ3n) is 4.88. The van der Waals surface area contributed by atoms with Crippen molar-refractivity contribution in [2.45, 2.75) is 18.9 Å². The van der Waals surface area contributed by atoms with Crippen LogP contribution in [0.15, 0.2) is 48.5 Å². The fourth-order valence-corrected chi connectivity index (χ4v) is 3.95. The summed E-state index contributed by atoms with van der Waals surface area (Å²) in [6.07, 6.45) is 1.18. The molecule has 4 nitrogen and oxygen atoms in total. The van der Waals surface area contributed by atoms with E-state index in [1.54, 1.807) is 0 Å². The molecular weight excluding hydrogens is 334 g/mol. The lowest BCUT2D eigenvalue weighted by Gasteiger charge is -2.36. The van der Waals surface area contributed by atoms with Crippen molar-refractivity contribution in [1.29, 1.82) is 0 Å². The van der Waals surface area contributed by atoms with E-state index >= 15 is 0 Å². The van der Waals surface area contributed by atoms with Crippen LogP contribution in [0.2, 0.25) is 5.02 Å². The second kappa shape index (κ2) is 6.54. The van der Waals surface area contributed by atoms with Gasteiger partial charge in [0, 0.05) is 41.1 Å². The molecule has 0 saturated carbocycles. The fraction of sp³-hybridized carbons (Fsp3) is 0.250. The number of nitrogens with one attached hydrogen (secondary N) is 1. The molecule has 0 fully saturated rings. The Kier molecular flexibility index (Phi) is 4.24. The normalized spacial score (nSPS) is 16.9. The third-order valence-corrected chi connectivity index (χ3v) is 5.12. The number of benzene rings is 2. The van der Waals surface area contributed by atoms with Gasteiger partial charge >= 0.3 is 0 Å². The predicted octanol–water partition coefficient (Wildman–Crippen LogP) is 3.64. The molecular formula is C20H20ClN3O. The highest BCUT2D eigenvalue weighted by atomic mass is 35.5. The van der Waals surface area contributed by atoms with Gasteiger partial charge in [-0.05, 0) is 35.7 Å². The standard InChI is InChI=1S/C20H20ClN3O/c21-14-6-7-17-16(12-14)15-9-11-24(18(25)8-10-22)20(19(15)23-17)13-4-2-1-3-5-13/h1-7,12,20,23H,8-11,22H2. The molecule has 1 aliphatic rings. The van der Waals surface area contributed by atoms with E-state index in [2.05, 4.69) is 17.1 Å². The minimum Gasteiger partial charge on any atom is -0.356 e. The van der Waals surface area contributed by atoms with E-state index in [0.29, 0.717) is 19.5 Å². The Balaban J connectivity index is 1.88. The molecule has 0 saturated heterocycles. The zero-order valence-corrected chi connectivity index (χ0v) is 14.6. The molecule has 0 spiro atoms. The van der Waals surface area contributed by atoms with E-state index in [9.17, 15) is 4.79 Å². The van der Waals surface area contributed by atoms with Gasteiger partial charge in [0.25, 0.3) is 0 Å². The number of hydrogen-bond donors (Lipinski definition) is 2. The van der Waals surface area contributed by atoms with Crippen LogP contribution in [0.25, 0.3) is 10.9 Å². The van der Waals surface area contributed by atoms with Crippen molar-refractivity contribution in [1.82, 2.24) is 9.88 Å². The van der Waals surface area contributed by atoms with Gasteiger partial charge in [-0.3, -0.25) is 4.79 Å². The van der Waals surface area contributed by atoms with Gasteiger partial charge in [0.1, 0.15) is 0 Å². The second-order valence-electron chi connectivity index (χ2n) is 6.40. The monoisotopic (exact) mass is 353 g/mol. The van der Waals surface area contributed by atoms with Crippen LogP contribution in [0.1, 0.15) is 29.3 Å². The summed E-state index contributed by atoms with van der Waals surface area (Å²) in [4.78, 5) is 18.2. The molecule has 0 bridgehead atoms. The van der Waals surface area contributed by atoms with Gasteiger partial charge in [0.2, 0.25) is 5.91 Å². The number of fused-ring (bicyclic) bond motifs is 3. The van der Waals surface area contributed by atoms with Crippen LogP contribution >= 0.6 is 11.6 Å². The Morgan fingerprint density at radius 3 is 2.80 bits per heavy atom. The highest BCUT2D eigenvalue weighted by molar-refractivity contribution is 6.31. The molecule has 4 rings (SSSR count). The number of aromatic amines is 1. The van der Waals surface area contributed by atoms with Gasteiger partial charge < -0.3 is 15.6 Å². The van der Waals surface area contributed by atoms with E-state index in [1.165, 1.54) is 5.56 Å². The Labute approximate surface area is 151 Å². The maximum Gasteiger partial charge on any atom is 0.224 e. The molecule has 0 aliphatic carbocycles. The maximum absolute atomic E-state index is 12.7. The van der Waals surface area contributed by atoms with E-state index < -0.39 is 0 Å². The first-order valence-electron chi connectivity index (χ1n) is 8.53. The molecule has 1 atom stereocenters. The fourth-order valence-electron chi connectivity index (χ4n) is 3.78. The number of amides is 1. The van der Waals surface area contributed by atoms with Gasteiger partial charge in [-0.2, -0.15) is 0 Å². The number of carbonyl (C=O) groups is 1. The molecule has 1 amide bonds. The van der Waals surface area contributed by atoms with Crippen LogP contribution in [0.3, 0.4) is 0 Å². The van der Waals surface area contributed by atoms with E-state index in [0.717, 1.165) is 33.6 Å². The van der Waals surface area contributed by atoms with E-state index in [-0.39, 0.29) is 11.9 Å². The minimum atomic E-state index is -0.116. The minimum absolute atomic E-state index is 0.0960. The lowest BCUT2D eigenvalue weighted by atomic mass is 9.92. The zero-order valence-electron chi connectivity index (χ0n) is 13.8. The van der Waals surface area contributed by atoms with Crippen LogP contribution in [-0.2, 0) is 11.2 Å². The SMILES string of the molecule is NCCC(=O)N1CCc2c([nH]c3ccc(Cl)cc23)C1c1ccccc1. The van der Waals surface area contributed by atoms with Gasteiger partial charge in [-0.1, -0.05) is 41.9 Å². The lowest BCUT2D eigenvalue weighted by Crippen LogP contribution is -2.41. The van der Waals surface area contributed by atoms with Crippen molar-refractivity contribution in [2.75, 3.05) is 13.1 Å². The second-order valence-corrected chi connectivity index (χ2v) is 6.83. The van der Waals surface area contributed by atoms with Crippen LogP contribution in [0.5, 0.6) is 0 Å². The van der Waals surface area contributed by atoms with Gasteiger partial charge in [-0.15, -0.1) is 0 Å². The van der Waals surface area contributed by atoms with Crippen molar-refractivity contribution in [3.05, 3.63) is 70.4 Å². The smallest absolute Gasteiger partial charge is 0.224 e. The summed E-state index contributed by atoms with van der Waals surface area (Å²) >= 11 is 6.20. The summed E-state index contributed by atoms with van der Waals surface area (Å²) in [6.45, 7) is 1.05. The first-order valence-corrected chi connectivity index (χ1v) is 8.91. The highest BCUT2D eigenvalue weighted by Gasteiger charge is 2.33. The van der Waals surface area contributed by atoms with Crippen LogP contribution < -0.4 is 5.73 Å². The number of aromatic nitrogens is 1. The molecule has 2 aromatic carbocycles. The molecule has 2 heterocycles. The summed E-state index contributed by atoms with van der Waals surface area (Å²) in [5.74, 6) is 0.0960. The third kappa shape index (κ3) is 2.81. The molecule has 0 radical (unpaired) electrons. The molecule has 3 N–H and O–H groups in total. The van der Waals surface area contributed by atoms with Crippen LogP contribution in [0.4, 0.5) is 0 Å². The lowest BCUT2D eigenvalue weighted by molar-refractivity contribution is -0.133. The average Bonchev–Trinajstić information content (AvgIpc) is 2.99. The number of rotatable bonds is 3. The van der Waals surface area contributed by atoms with E-state index in [4.69, 9.17) is 17.3 Å². The molecule has 1 aliphatic heterocycles. The number of carbonyl (C=O) groups excluding carboxylic acids is 1. The summed E-state index contributed by atoms with van der Waals surface area (Å²) in [6, 6.07) is 15.9. The van der Waals surface area contributed by atoms with Crippen LogP contribution in [0, 0.1) is 0 Å². The number of halogens is 1. The van der Waals surface area contributed by atoms with Gasteiger partial charge in [0.05, 0.1) is 6.04 Å². The Morgan fingerprint density at radius 2 is 2.04 bits per heavy atom. The molecule has 25 heavy (non-hydrogen) atoms. The van der Waals surface area contributed by atoms with Gasteiger partial charge in [-0.25, -0.2) is 0 Å². The van der Waals surface area contributed by atoms with Crippen molar-refractivity contribution in [3.63, 3.8) is 0 Å². The molecule has 3 aromatic rings. The number of hydrogen-bond acceptors (Lipinski definition) is 2. The van der Waals surface area contributed by atoms with E-state index in [1.807, 2.05) is 41.3 Å². The van der Waals surface area contributed by atoms with Crippen molar-refractivity contribution in [3.8, 4) is 0 Å². The summed E-state index contributed by atoms with van der Waals surface area (Å²) in [7, 11) is 0. The Morgan fingerprint density at radius 1 is 1.24 bits per heavy atom. The molecule has 128 valence electrons. The Bertz CT molecular complexity index is 919. The summed E-state index contributed by atoms with van der Waals surface area (Å²) in [5.41, 5.74) is 10.1. The highest BCUT2D eigenvalue weighted by Crippen LogP contribution is 2.39. The van der Waals surface area contributed by atoms with Crippen molar-refractivity contribution >= 4 is 28.4 Å². The van der Waals surface area contributed by atoms with Crippen LogP contribution in [-0.4, -0.2) is 28.9 Å². The van der Waals surface area contributed by atoms with Crippen molar-refractivity contribution < 1.29 is 4.79 Å². The largest absolute Gasteiger partial charge is 0.356 e. The van der Waals surface area contributed by atoms with Gasteiger partial charge in [0.15, 0.2) is 0 Å². The topological polar surface area (TPSA) is 62.1 Å². The first-order chi connectivity index (χ1) is 12.2. The zero-order chi connectivity index (χ0) is 17.4. The average molecular weight is 354 g/mol. The first kappa shape index (κ1) is 16.2. The number of nitrogens with zero attached hydrogens (tertiary/aromatic N) is 1. The molecule has 5 heteroatoms. The number of nitrogens with two attached hydrogens (primary N) is 1. The summed E-state index contributed by atoms with van der Waals surface area (Å²) < 4.78 is 0. The Hall–Kier alpha value is -2.30. The maximum atomic E-state index is 12.7. The predicted molar refractivity (Wildman–Crippen MR) is 101 cm³/mol. The molecule has 1 unspecified atom stereocenters. The number of H-pyrrole nitrogens is 1. The quantitative estimate of drug-likeness (QED) is 0.755.